The van der Waals surface area contributed by atoms with Gasteiger partial charge in [-0.2, -0.15) is 0 Å². The van der Waals surface area contributed by atoms with Crippen LogP contribution >= 0.6 is 0 Å². The summed E-state index contributed by atoms with van der Waals surface area (Å²) in [5, 5.41) is 4.78. The van der Waals surface area contributed by atoms with Crippen molar-refractivity contribution < 1.29 is 19.2 Å². The van der Waals surface area contributed by atoms with Gasteiger partial charge in [-0.1, -0.05) is 0 Å². The van der Waals surface area contributed by atoms with Crippen LogP contribution < -0.4 is 16.4 Å². The Labute approximate surface area is 104 Å². The molecule has 1 atom stereocenters. The molecule has 7 heteroatoms. The highest BCUT2D eigenvalue weighted by Crippen LogP contribution is 2.22. The quantitative estimate of drug-likeness (QED) is 0.528. The fourth-order valence-electron chi connectivity index (χ4n) is 1.75. The molecule has 0 saturated heterocycles. The summed E-state index contributed by atoms with van der Waals surface area (Å²) in [4.78, 5) is 45.1. The van der Waals surface area contributed by atoms with Gasteiger partial charge >= 0.3 is 0 Å². The Kier molecular flexibility index (Phi) is 4.96. The molecular weight excluding hydrogens is 238 g/mol. The number of nitrogens with one attached hydrogen (secondary N) is 2. The molecule has 7 nitrogen and oxygen atoms in total. The van der Waals surface area contributed by atoms with Gasteiger partial charge in [-0.3, -0.25) is 19.2 Å². The van der Waals surface area contributed by atoms with Gasteiger partial charge in [0.05, 0.1) is 13.1 Å². The van der Waals surface area contributed by atoms with Crippen LogP contribution in [0, 0.1) is 5.92 Å². The van der Waals surface area contributed by atoms with Crippen LogP contribution in [-0.2, 0) is 19.2 Å². The standard InChI is InChI=1S/C11H16N3O4/c1-6(11-7(15)2-3-8(11)16)14-10(18)5-13-9(17)4-12/h6H,2-5,12H2,1H3,(H,13,17)(H,14,18). The Morgan fingerprint density at radius 3 is 2.28 bits per heavy atom. The Morgan fingerprint density at radius 2 is 1.78 bits per heavy atom. The summed E-state index contributed by atoms with van der Waals surface area (Å²) in [7, 11) is 0. The molecule has 18 heavy (non-hydrogen) atoms. The van der Waals surface area contributed by atoms with Crippen LogP contribution in [0.3, 0.4) is 0 Å². The summed E-state index contributed by atoms with van der Waals surface area (Å²) >= 11 is 0. The van der Waals surface area contributed by atoms with Crippen LogP contribution in [-0.4, -0.2) is 42.5 Å². The number of nitrogens with two attached hydrogens (primary N) is 1. The summed E-state index contributed by atoms with van der Waals surface area (Å²) in [6, 6.07) is -0.630. The Morgan fingerprint density at radius 1 is 1.22 bits per heavy atom. The van der Waals surface area contributed by atoms with Crippen LogP contribution in [0.2, 0.25) is 0 Å². The summed E-state index contributed by atoms with van der Waals surface area (Å²) < 4.78 is 0. The molecule has 1 fully saturated rings. The van der Waals surface area contributed by atoms with Crippen LogP contribution in [0.4, 0.5) is 0 Å². The molecular formula is C11H16N3O4. The van der Waals surface area contributed by atoms with Crippen molar-refractivity contribution >= 4 is 23.4 Å². The molecule has 1 aliphatic carbocycles. The largest absolute Gasteiger partial charge is 0.351 e. The zero-order chi connectivity index (χ0) is 13.7. The van der Waals surface area contributed by atoms with Gasteiger partial charge in [0.25, 0.3) is 0 Å². The van der Waals surface area contributed by atoms with Crippen molar-refractivity contribution in [3.05, 3.63) is 5.92 Å². The van der Waals surface area contributed by atoms with Gasteiger partial charge < -0.3 is 16.4 Å². The fourth-order valence-corrected chi connectivity index (χ4v) is 1.75. The number of amides is 2. The molecule has 0 aromatic carbocycles. The van der Waals surface area contributed by atoms with Crippen molar-refractivity contribution in [2.24, 2.45) is 5.73 Å². The number of hydrogen-bond donors (Lipinski definition) is 3. The van der Waals surface area contributed by atoms with E-state index in [-0.39, 0.29) is 43.4 Å². The third-order valence-corrected chi connectivity index (χ3v) is 2.62. The molecule has 0 heterocycles. The normalized spacial score (nSPS) is 17.7. The first kappa shape index (κ1) is 14.3. The lowest BCUT2D eigenvalue weighted by molar-refractivity contribution is -0.126. The second kappa shape index (κ2) is 6.25. The summed E-state index contributed by atoms with van der Waals surface area (Å²) in [6.45, 7) is 1.15. The van der Waals surface area contributed by atoms with Crippen molar-refractivity contribution in [1.29, 1.82) is 0 Å². The predicted octanol–water partition coefficient (Wildman–Crippen LogP) is -1.93. The number of rotatable bonds is 5. The first-order chi connectivity index (χ1) is 8.45. The average Bonchev–Trinajstić information content (AvgIpc) is 2.65. The third-order valence-electron chi connectivity index (χ3n) is 2.62. The first-order valence-corrected chi connectivity index (χ1v) is 5.65. The second-order valence-electron chi connectivity index (χ2n) is 4.03. The van der Waals surface area contributed by atoms with E-state index in [1.165, 1.54) is 0 Å². The van der Waals surface area contributed by atoms with E-state index in [0.717, 1.165) is 0 Å². The van der Waals surface area contributed by atoms with E-state index in [1.54, 1.807) is 6.92 Å². The highest BCUT2D eigenvalue weighted by Gasteiger charge is 2.38. The van der Waals surface area contributed by atoms with Gasteiger partial charge in [-0.05, 0) is 6.92 Å². The molecule has 0 spiro atoms. The van der Waals surface area contributed by atoms with Crippen molar-refractivity contribution in [3.8, 4) is 0 Å². The zero-order valence-corrected chi connectivity index (χ0v) is 10.1. The van der Waals surface area contributed by atoms with Crippen molar-refractivity contribution in [1.82, 2.24) is 10.6 Å². The van der Waals surface area contributed by atoms with Gasteiger partial charge in [0.2, 0.25) is 11.8 Å². The van der Waals surface area contributed by atoms with E-state index < -0.39 is 17.9 Å². The second-order valence-corrected chi connectivity index (χ2v) is 4.03. The molecule has 1 radical (unpaired) electrons. The molecule has 0 aromatic rings. The van der Waals surface area contributed by atoms with E-state index >= 15 is 0 Å². The summed E-state index contributed by atoms with van der Waals surface area (Å²) in [5.41, 5.74) is 5.06. The maximum Gasteiger partial charge on any atom is 0.239 e. The van der Waals surface area contributed by atoms with Crippen molar-refractivity contribution in [2.75, 3.05) is 13.1 Å². The smallest absolute Gasteiger partial charge is 0.239 e. The fraction of sp³-hybridized carbons (Fsp3) is 0.545. The Hall–Kier alpha value is -1.76. The van der Waals surface area contributed by atoms with E-state index in [4.69, 9.17) is 5.73 Å². The molecule has 0 aliphatic heterocycles. The maximum atomic E-state index is 11.4. The molecule has 2 amide bonds. The van der Waals surface area contributed by atoms with Gasteiger partial charge in [0, 0.05) is 18.9 Å². The lowest BCUT2D eigenvalue weighted by Gasteiger charge is -2.17. The minimum atomic E-state index is -0.630. The van der Waals surface area contributed by atoms with Crippen molar-refractivity contribution in [3.63, 3.8) is 0 Å². The number of carbonyl (C=O) groups excluding carboxylic acids is 4. The molecule has 0 aromatic heterocycles. The van der Waals surface area contributed by atoms with Crippen LogP contribution in [0.25, 0.3) is 0 Å². The molecule has 99 valence electrons. The lowest BCUT2D eigenvalue weighted by atomic mass is 9.98. The summed E-state index contributed by atoms with van der Waals surface area (Å²) in [5.74, 6) is -1.23. The third kappa shape index (κ3) is 3.63. The van der Waals surface area contributed by atoms with Crippen LogP contribution in [0.1, 0.15) is 19.8 Å². The first-order valence-electron chi connectivity index (χ1n) is 5.65. The van der Waals surface area contributed by atoms with Crippen LogP contribution in [0.15, 0.2) is 0 Å². The average molecular weight is 254 g/mol. The van der Waals surface area contributed by atoms with E-state index in [0.29, 0.717) is 0 Å². The molecule has 1 rings (SSSR count). The maximum absolute atomic E-state index is 11.4. The molecule has 1 saturated carbocycles. The zero-order valence-electron chi connectivity index (χ0n) is 10.1. The van der Waals surface area contributed by atoms with Gasteiger partial charge in [-0.25, -0.2) is 0 Å². The van der Waals surface area contributed by atoms with Crippen LogP contribution in [0.5, 0.6) is 0 Å². The van der Waals surface area contributed by atoms with Gasteiger partial charge in [0.1, 0.15) is 5.92 Å². The molecule has 4 N–H and O–H groups in total. The monoisotopic (exact) mass is 254 g/mol. The topological polar surface area (TPSA) is 118 Å². The van der Waals surface area contributed by atoms with E-state index in [9.17, 15) is 19.2 Å². The van der Waals surface area contributed by atoms with E-state index in [2.05, 4.69) is 10.6 Å². The predicted molar refractivity (Wildman–Crippen MR) is 62.2 cm³/mol. The van der Waals surface area contributed by atoms with Crippen molar-refractivity contribution in [2.45, 2.75) is 25.8 Å². The number of Topliss-reactive ketones (excluding diaryl/α,β-unsaturated/α-hetero) is 2. The molecule has 1 aliphatic rings. The van der Waals surface area contributed by atoms with E-state index in [1.807, 2.05) is 0 Å². The molecule has 0 bridgehead atoms. The minimum Gasteiger partial charge on any atom is -0.351 e. The summed E-state index contributed by atoms with van der Waals surface area (Å²) in [6.07, 6.45) is 0.413. The molecule has 1 unspecified atom stereocenters. The Bertz CT molecular complexity index is 364. The highest BCUT2D eigenvalue weighted by molar-refractivity contribution is 6.22. The van der Waals surface area contributed by atoms with Gasteiger partial charge in [-0.15, -0.1) is 0 Å². The number of carbonyl (C=O) groups is 4. The number of hydrogen-bond acceptors (Lipinski definition) is 5. The Balaban J connectivity index is 2.42. The number of ketones is 2. The highest BCUT2D eigenvalue weighted by atomic mass is 16.2. The lowest BCUT2D eigenvalue weighted by Crippen LogP contribution is -2.46. The SMILES string of the molecule is CC(NC(=O)CNC(=O)CN)[C]1C(=O)CCC1=O. The van der Waals surface area contributed by atoms with Gasteiger partial charge in [0.15, 0.2) is 11.6 Å². The minimum absolute atomic E-state index is 0.133.